The Hall–Kier alpha value is -0.770. The molecule has 0 aliphatic rings. The molecule has 0 aromatic carbocycles. The lowest BCUT2D eigenvalue weighted by Crippen LogP contribution is -1.91. The smallest absolute Gasteiger partial charge is 0.125 e. The summed E-state index contributed by atoms with van der Waals surface area (Å²) in [6.45, 7) is 0. The van der Waals surface area contributed by atoms with Crippen LogP contribution in [0.15, 0.2) is 17.0 Å². The largest absolute Gasteiger partial charge is 0.303 e. The van der Waals surface area contributed by atoms with Gasteiger partial charge in [0.05, 0.1) is 18.1 Å². The van der Waals surface area contributed by atoms with Gasteiger partial charge in [0.1, 0.15) is 10.9 Å². The predicted octanol–water partition coefficient (Wildman–Crippen LogP) is 0.981. The van der Waals surface area contributed by atoms with Crippen molar-refractivity contribution in [2.24, 2.45) is 0 Å². The second-order valence-corrected chi connectivity index (χ2v) is 2.51. The van der Waals surface area contributed by atoms with Crippen molar-refractivity contribution in [1.82, 2.24) is 9.97 Å². The Morgan fingerprint density at radius 2 is 2.30 bits per heavy atom. The van der Waals surface area contributed by atoms with Gasteiger partial charge < -0.3 is 4.79 Å². The minimum Gasteiger partial charge on any atom is -0.303 e. The lowest BCUT2D eigenvalue weighted by Gasteiger charge is -1.91. The second kappa shape index (κ2) is 3.41. The van der Waals surface area contributed by atoms with E-state index >= 15 is 0 Å². The predicted molar refractivity (Wildman–Crippen MR) is 39.5 cm³/mol. The Balaban J connectivity index is 2.78. The molecule has 3 nitrogen and oxygen atoms in total. The van der Waals surface area contributed by atoms with Crippen molar-refractivity contribution in [1.29, 1.82) is 0 Å². The first-order valence-corrected chi connectivity index (χ1v) is 3.52. The summed E-state index contributed by atoms with van der Waals surface area (Å²) < 4.78 is 0.683. The molecule has 4 heteroatoms. The van der Waals surface area contributed by atoms with E-state index in [1.807, 2.05) is 0 Å². The SMILES string of the molecule is O=CCc1cnc(Br)cn1. The maximum absolute atomic E-state index is 9.98. The summed E-state index contributed by atoms with van der Waals surface area (Å²) in [6, 6.07) is 0. The average Bonchev–Trinajstić information content (AvgIpc) is 1.95. The zero-order chi connectivity index (χ0) is 7.40. The maximum Gasteiger partial charge on any atom is 0.125 e. The van der Waals surface area contributed by atoms with Gasteiger partial charge in [-0.2, -0.15) is 0 Å². The lowest BCUT2D eigenvalue weighted by atomic mass is 10.3. The molecule has 0 aliphatic carbocycles. The molecule has 0 amide bonds. The van der Waals surface area contributed by atoms with Crippen molar-refractivity contribution in [2.45, 2.75) is 6.42 Å². The van der Waals surface area contributed by atoms with E-state index in [2.05, 4.69) is 25.9 Å². The average molecular weight is 201 g/mol. The van der Waals surface area contributed by atoms with Gasteiger partial charge in [0, 0.05) is 6.42 Å². The van der Waals surface area contributed by atoms with Crippen LogP contribution in [-0.2, 0) is 11.2 Å². The number of aldehydes is 1. The van der Waals surface area contributed by atoms with Crippen molar-refractivity contribution in [3.05, 3.63) is 22.7 Å². The van der Waals surface area contributed by atoms with Crippen LogP contribution in [0.3, 0.4) is 0 Å². The Bertz CT molecular complexity index is 222. The van der Waals surface area contributed by atoms with Gasteiger partial charge in [-0.15, -0.1) is 0 Å². The van der Waals surface area contributed by atoms with E-state index in [9.17, 15) is 4.79 Å². The van der Waals surface area contributed by atoms with Gasteiger partial charge in [-0.05, 0) is 15.9 Å². The monoisotopic (exact) mass is 200 g/mol. The highest BCUT2D eigenvalue weighted by molar-refractivity contribution is 9.10. The van der Waals surface area contributed by atoms with Crippen molar-refractivity contribution in [2.75, 3.05) is 0 Å². The molecular formula is C6H5BrN2O. The van der Waals surface area contributed by atoms with Gasteiger partial charge in [0.2, 0.25) is 0 Å². The molecule has 1 heterocycles. The van der Waals surface area contributed by atoms with E-state index in [0.717, 1.165) is 6.29 Å². The number of rotatable bonds is 2. The first kappa shape index (κ1) is 7.34. The highest BCUT2D eigenvalue weighted by Gasteiger charge is 1.92. The van der Waals surface area contributed by atoms with Gasteiger partial charge in [-0.3, -0.25) is 4.98 Å². The highest BCUT2D eigenvalue weighted by Crippen LogP contribution is 2.01. The molecule has 0 fully saturated rings. The molecule has 0 saturated heterocycles. The van der Waals surface area contributed by atoms with Gasteiger partial charge in [0.15, 0.2) is 0 Å². The molecule has 1 aromatic heterocycles. The number of halogens is 1. The second-order valence-electron chi connectivity index (χ2n) is 1.70. The molecule has 1 aromatic rings. The third kappa shape index (κ3) is 1.88. The van der Waals surface area contributed by atoms with Crippen LogP contribution in [0.25, 0.3) is 0 Å². The quantitative estimate of drug-likeness (QED) is 0.669. The Labute approximate surface area is 66.6 Å². The first-order valence-electron chi connectivity index (χ1n) is 2.73. The number of carbonyl (C=O) groups excluding carboxylic acids is 1. The first-order chi connectivity index (χ1) is 4.83. The number of hydrogen-bond acceptors (Lipinski definition) is 3. The van der Waals surface area contributed by atoms with Crippen LogP contribution in [0, 0.1) is 0 Å². The summed E-state index contributed by atoms with van der Waals surface area (Å²) >= 11 is 3.13. The van der Waals surface area contributed by atoms with E-state index in [4.69, 9.17) is 0 Å². The van der Waals surface area contributed by atoms with E-state index in [0.29, 0.717) is 16.7 Å². The summed E-state index contributed by atoms with van der Waals surface area (Å²) in [4.78, 5) is 17.8. The van der Waals surface area contributed by atoms with Gasteiger partial charge in [0.25, 0.3) is 0 Å². The number of nitrogens with zero attached hydrogens (tertiary/aromatic N) is 2. The zero-order valence-corrected chi connectivity index (χ0v) is 6.71. The number of carbonyl (C=O) groups is 1. The van der Waals surface area contributed by atoms with Gasteiger partial charge >= 0.3 is 0 Å². The normalized spacial score (nSPS) is 9.30. The van der Waals surface area contributed by atoms with Crippen molar-refractivity contribution in [3.8, 4) is 0 Å². The minimum atomic E-state index is 0.334. The lowest BCUT2D eigenvalue weighted by molar-refractivity contribution is -0.107. The summed E-state index contributed by atoms with van der Waals surface area (Å²) in [6.07, 6.45) is 4.27. The number of aromatic nitrogens is 2. The molecule has 0 spiro atoms. The molecule has 0 bridgehead atoms. The fraction of sp³-hybridized carbons (Fsp3) is 0.167. The molecule has 10 heavy (non-hydrogen) atoms. The van der Waals surface area contributed by atoms with Gasteiger partial charge in [-0.25, -0.2) is 4.98 Å². The summed E-state index contributed by atoms with van der Waals surface area (Å²) in [5, 5.41) is 0. The third-order valence-electron chi connectivity index (χ3n) is 0.966. The van der Waals surface area contributed by atoms with Crippen LogP contribution >= 0.6 is 15.9 Å². The summed E-state index contributed by atoms with van der Waals surface area (Å²) in [5.41, 5.74) is 0.693. The van der Waals surface area contributed by atoms with Gasteiger partial charge in [-0.1, -0.05) is 0 Å². The Morgan fingerprint density at radius 3 is 2.80 bits per heavy atom. The molecular weight excluding hydrogens is 196 g/mol. The summed E-state index contributed by atoms with van der Waals surface area (Å²) in [7, 11) is 0. The van der Waals surface area contributed by atoms with E-state index < -0.39 is 0 Å². The molecule has 52 valence electrons. The molecule has 0 N–H and O–H groups in total. The van der Waals surface area contributed by atoms with Crippen molar-refractivity contribution in [3.63, 3.8) is 0 Å². The maximum atomic E-state index is 9.98. The topological polar surface area (TPSA) is 42.9 Å². The molecule has 0 unspecified atom stereocenters. The molecule has 1 rings (SSSR count). The fourth-order valence-electron chi connectivity index (χ4n) is 0.530. The van der Waals surface area contributed by atoms with Crippen LogP contribution in [0.1, 0.15) is 5.69 Å². The standard InChI is InChI=1S/C6H5BrN2O/c7-6-4-8-5(1-2-10)3-9-6/h2-4H,1H2. The van der Waals surface area contributed by atoms with Crippen LogP contribution < -0.4 is 0 Å². The van der Waals surface area contributed by atoms with Crippen LogP contribution in [-0.4, -0.2) is 16.3 Å². The molecule has 0 radical (unpaired) electrons. The van der Waals surface area contributed by atoms with E-state index in [1.54, 1.807) is 12.4 Å². The molecule has 0 saturated carbocycles. The fourth-order valence-corrected chi connectivity index (χ4v) is 0.735. The minimum absolute atomic E-state index is 0.334. The summed E-state index contributed by atoms with van der Waals surface area (Å²) in [5.74, 6) is 0. The van der Waals surface area contributed by atoms with Crippen LogP contribution in [0.4, 0.5) is 0 Å². The number of hydrogen-bond donors (Lipinski definition) is 0. The van der Waals surface area contributed by atoms with Crippen LogP contribution in [0.2, 0.25) is 0 Å². The Morgan fingerprint density at radius 1 is 1.50 bits per heavy atom. The molecule has 0 aliphatic heterocycles. The van der Waals surface area contributed by atoms with E-state index in [-0.39, 0.29) is 0 Å². The van der Waals surface area contributed by atoms with E-state index in [1.165, 1.54) is 0 Å². The van der Waals surface area contributed by atoms with Crippen LogP contribution in [0.5, 0.6) is 0 Å². The third-order valence-corrected chi connectivity index (χ3v) is 1.38. The van der Waals surface area contributed by atoms with Crippen molar-refractivity contribution >= 4 is 22.2 Å². The van der Waals surface area contributed by atoms with Crippen molar-refractivity contribution < 1.29 is 4.79 Å². The molecule has 0 atom stereocenters. The highest BCUT2D eigenvalue weighted by atomic mass is 79.9. The Kier molecular flexibility index (Phi) is 2.50. The zero-order valence-electron chi connectivity index (χ0n) is 5.12.